The lowest BCUT2D eigenvalue weighted by atomic mass is 9.93. The van der Waals surface area contributed by atoms with Gasteiger partial charge < -0.3 is 4.74 Å². The SMILES string of the molecule is Cc1cc(OC(=O)CCC[P+](c2ccccc2)(c2ccccc2)c2ccccc2)c(C(C)C)cc1-c1ccccc1. The Kier molecular flexibility index (Phi) is 9.12. The fourth-order valence-electron chi connectivity index (χ4n) is 5.68. The summed E-state index contributed by atoms with van der Waals surface area (Å²) in [4.78, 5) is 13.3. The quantitative estimate of drug-likeness (QED) is 0.0978. The summed E-state index contributed by atoms with van der Waals surface area (Å²) in [5.74, 6) is 0.733. The molecule has 0 spiro atoms. The Morgan fingerprint density at radius 1 is 0.683 bits per heavy atom. The third-order valence-electron chi connectivity index (χ3n) is 7.75. The summed E-state index contributed by atoms with van der Waals surface area (Å²) in [5, 5.41) is 4.00. The Morgan fingerprint density at radius 2 is 1.15 bits per heavy atom. The number of carbonyl (C=O) groups is 1. The maximum Gasteiger partial charge on any atom is 0.311 e. The molecule has 5 rings (SSSR count). The maximum atomic E-state index is 13.3. The van der Waals surface area contributed by atoms with Gasteiger partial charge in [-0.1, -0.05) is 98.8 Å². The number of carbonyl (C=O) groups excluding carboxylic acids is 1. The molecule has 0 N–H and O–H groups in total. The Hall–Kier alpha value is -4.00. The number of rotatable bonds is 10. The van der Waals surface area contributed by atoms with Crippen LogP contribution in [0.5, 0.6) is 5.75 Å². The summed E-state index contributed by atoms with van der Waals surface area (Å²) >= 11 is 0. The van der Waals surface area contributed by atoms with Crippen LogP contribution < -0.4 is 20.7 Å². The van der Waals surface area contributed by atoms with E-state index in [4.69, 9.17) is 4.74 Å². The Labute approximate surface area is 245 Å². The van der Waals surface area contributed by atoms with E-state index in [9.17, 15) is 4.79 Å². The fraction of sp³-hybridized carbons (Fsp3) is 0.184. The predicted molar refractivity (Wildman–Crippen MR) is 176 cm³/mol. The first-order valence-corrected chi connectivity index (χ1v) is 16.4. The first-order chi connectivity index (χ1) is 20.0. The molecule has 0 aliphatic rings. The van der Waals surface area contributed by atoms with E-state index < -0.39 is 7.26 Å². The molecule has 0 saturated heterocycles. The molecule has 2 nitrogen and oxygen atoms in total. The molecular formula is C38H38O2P+. The van der Waals surface area contributed by atoms with Crippen LogP contribution in [0.15, 0.2) is 133 Å². The molecule has 0 saturated carbocycles. The summed E-state index contributed by atoms with van der Waals surface area (Å²) in [6.45, 7) is 6.38. The molecule has 0 heterocycles. The van der Waals surface area contributed by atoms with Crippen molar-refractivity contribution < 1.29 is 9.53 Å². The van der Waals surface area contributed by atoms with Crippen molar-refractivity contribution in [2.75, 3.05) is 6.16 Å². The molecule has 0 aromatic heterocycles. The van der Waals surface area contributed by atoms with Gasteiger partial charge in [-0.2, -0.15) is 0 Å². The van der Waals surface area contributed by atoms with Crippen LogP contribution in [0.2, 0.25) is 0 Å². The minimum Gasteiger partial charge on any atom is -0.426 e. The van der Waals surface area contributed by atoms with E-state index in [1.165, 1.54) is 27.0 Å². The molecule has 0 aliphatic carbocycles. The molecule has 0 radical (unpaired) electrons. The zero-order valence-corrected chi connectivity index (χ0v) is 25.1. The van der Waals surface area contributed by atoms with Crippen LogP contribution in [0.1, 0.15) is 43.7 Å². The van der Waals surface area contributed by atoms with Crippen LogP contribution in [0.4, 0.5) is 0 Å². The standard InChI is InChI=1S/C38H38O2P/c1-29(2)35-28-36(31-17-8-4-9-18-31)30(3)27-37(35)40-38(39)25-16-26-41(32-19-10-5-11-20-32,33-21-12-6-13-22-33)34-23-14-7-15-24-34/h4-15,17-24,27-29H,16,25-26H2,1-3H3/q+1. The number of benzene rings is 5. The average molecular weight is 558 g/mol. The van der Waals surface area contributed by atoms with Gasteiger partial charge in [0.1, 0.15) is 28.9 Å². The lowest BCUT2D eigenvalue weighted by Gasteiger charge is -2.27. The molecule has 0 bridgehead atoms. The molecule has 206 valence electrons. The van der Waals surface area contributed by atoms with E-state index in [-0.39, 0.29) is 11.9 Å². The lowest BCUT2D eigenvalue weighted by molar-refractivity contribution is -0.134. The van der Waals surface area contributed by atoms with Crippen LogP contribution in [-0.2, 0) is 4.79 Å². The Morgan fingerprint density at radius 3 is 1.61 bits per heavy atom. The first kappa shape index (κ1) is 28.5. The average Bonchev–Trinajstić information content (AvgIpc) is 3.01. The van der Waals surface area contributed by atoms with Crippen LogP contribution in [0, 0.1) is 6.92 Å². The molecular weight excluding hydrogens is 519 g/mol. The summed E-state index contributed by atoms with van der Waals surface area (Å²) in [6, 6.07) is 47.1. The van der Waals surface area contributed by atoms with Crippen LogP contribution >= 0.6 is 7.26 Å². The van der Waals surface area contributed by atoms with E-state index in [1.54, 1.807) is 0 Å². The molecule has 0 aliphatic heterocycles. The van der Waals surface area contributed by atoms with Crippen molar-refractivity contribution >= 4 is 29.1 Å². The topological polar surface area (TPSA) is 26.3 Å². The molecule has 5 aromatic carbocycles. The Balaban J connectivity index is 1.41. The van der Waals surface area contributed by atoms with Crippen LogP contribution in [0.25, 0.3) is 11.1 Å². The van der Waals surface area contributed by atoms with Crippen molar-refractivity contribution in [3.63, 3.8) is 0 Å². The van der Waals surface area contributed by atoms with Crippen molar-refractivity contribution in [2.24, 2.45) is 0 Å². The third-order valence-corrected chi connectivity index (χ3v) is 12.3. The molecule has 0 atom stereocenters. The summed E-state index contributed by atoms with van der Waals surface area (Å²) < 4.78 is 6.08. The van der Waals surface area contributed by atoms with Gasteiger partial charge in [-0.3, -0.25) is 4.79 Å². The summed E-state index contributed by atoms with van der Waals surface area (Å²) in [5.41, 5.74) is 4.51. The van der Waals surface area contributed by atoms with Crippen molar-refractivity contribution in [1.29, 1.82) is 0 Å². The lowest BCUT2D eigenvalue weighted by Crippen LogP contribution is -2.33. The number of aryl methyl sites for hydroxylation is 1. The van der Waals surface area contributed by atoms with Gasteiger partial charge in [-0.15, -0.1) is 0 Å². The van der Waals surface area contributed by atoms with Gasteiger partial charge in [0.25, 0.3) is 0 Å². The molecule has 0 amide bonds. The highest BCUT2D eigenvalue weighted by molar-refractivity contribution is 7.95. The molecule has 0 fully saturated rings. The Bertz CT molecular complexity index is 1470. The highest BCUT2D eigenvalue weighted by Crippen LogP contribution is 2.56. The van der Waals surface area contributed by atoms with Gasteiger partial charge in [-0.25, -0.2) is 0 Å². The van der Waals surface area contributed by atoms with Crippen LogP contribution in [0.3, 0.4) is 0 Å². The highest BCUT2D eigenvalue weighted by Gasteiger charge is 2.44. The van der Waals surface area contributed by atoms with Crippen LogP contribution in [-0.4, -0.2) is 12.1 Å². The van der Waals surface area contributed by atoms with E-state index >= 15 is 0 Å². The summed E-state index contributed by atoms with van der Waals surface area (Å²) in [6.07, 6.45) is 2.00. The van der Waals surface area contributed by atoms with Crippen molar-refractivity contribution in [3.8, 4) is 16.9 Å². The predicted octanol–water partition coefficient (Wildman–Crippen LogP) is 8.47. The number of ether oxygens (including phenoxy) is 1. The normalized spacial score (nSPS) is 11.4. The number of hydrogen-bond donors (Lipinski definition) is 0. The molecule has 0 unspecified atom stereocenters. The van der Waals surface area contributed by atoms with Gasteiger partial charge in [0.2, 0.25) is 0 Å². The van der Waals surface area contributed by atoms with Gasteiger partial charge in [-0.05, 0) is 90.0 Å². The first-order valence-electron chi connectivity index (χ1n) is 14.4. The third kappa shape index (κ3) is 6.34. The second-order valence-corrected chi connectivity index (χ2v) is 14.5. The largest absolute Gasteiger partial charge is 0.426 e. The second-order valence-electron chi connectivity index (χ2n) is 10.8. The van der Waals surface area contributed by atoms with Gasteiger partial charge in [0.05, 0.1) is 6.16 Å². The van der Waals surface area contributed by atoms with E-state index in [0.717, 1.165) is 23.7 Å². The van der Waals surface area contributed by atoms with E-state index in [0.29, 0.717) is 12.2 Å². The van der Waals surface area contributed by atoms with Crippen molar-refractivity contribution in [1.82, 2.24) is 0 Å². The second kappa shape index (κ2) is 13.1. The monoisotopic (exact) mass is 557 g/mol. The molecule has 41 heavy (non-hydrogen) atoms. The number of esters is 1. The van der Waals surface area contributed by atoms with Gasteiger partial charge >= 0.3 is 5.97 Å². The number of hydrogen-bond acceptors (Lipinski definition) is 2. The smallest absolute Gasteiger partial charge is 0.311 e. The molecule has 5 aromatic rings. The zero-order valence-electron chi connectivity index (χ0n) is 24.2. The van der Waals surface area contributed by atoms with E-state index in [2.05, 4.69) is 142 Å². The van der Waals surface area contributed by atoms with Gasteiger partial charge in [0.15, 0.2) is 0 Å². The van der Waals surface area contributed by atoms with Gasteiger partial charge in [0, 0.05) is 6.42 Å². The highest BCUT2D eigenvalue weighted by atomic mass is 31.2. The minimum absolute atomic E-state index is 0.175. The van der Waals surface area contributed by atoms with E-state index in [1.807, 2.05) is 12.1 Å². The minimum atomic E-state index is -1.97. The zero-order chi connectivity index (χ0) is 28.7. The van der Waals surface area contributed by atoms with Crippen molar-refractivity contribution in [3.05, 3.63) is 145 Å². The van der Waals surface area contributed by atoms with Crippen molar-refractivity contribution in [2.45, 2.75) is 39.5 Å². The maximum absolute atomic E-state index is 13.3. The molecule has 3 heteroatoms. The fourth-order valence-corrected chi connectivity index (χ4v) is 10.0. The summed E-state index contributed by atoms with van der Waals surface area (Å²) in [7, 11) is -1.97.